The van der Waals surface area contributed by atoms with E-state index in [1.165, 1.54) is 6.20 Å². The van der Waals surface area contributed by atoms with Crippen LogP contribution in [0.15, 0.2) is 42.6 Å². The first-order valence-electron chi connectivity index (χ1n) is 5.26. The summed E-state index contributed by atoms with van der Waals surface area (Å²) < 4.78 is 0. The lowest BCUT2D eigenvalue weighted by Gasteiger charge is -1.96. The van der Waals surface area contributed by atoms with Gasteiger partial charge in [-0.25, -0.2) is 4.79 Å². The number of carbonyl (C=O) groups is 1. The van der Waals surface area contributed by atoms with Crippen molar-refractivity contribution in [3.63, 3.8) is 0 Å². The third-order valence-corrected chi connectivity index (χ3v) is 2.50. The van der Waals surface area contributed by atoms with E-state index in [0.29, 0.717) is 5.56 Å². The molecule has 0 aliphatic heterocycles. The highest BCUT2D eigenvalue weighted by Gasteiger charge is 2.09. The maximum atomic E-state index is 10.9. The lowest BCUT2D eigenvalue weighted by molar-refractivity contribution is 0.0699. The first kappa shape index (κ1) is 11.2. The molecule has 0 atom stereocenters. The van der Waals surface area contributed by atoms with Crippen molar-refractivity contribution >= 4 is 22.9 Å². The smallest absolute Gasteiger partial charge is 0.337 e. The second kappa shape index (κ2) is 4.29. The molecule has 3 heteroatoms. The summed E-state index contributed by atoms with van der Waals surface area (Å²) in [5.74, 6) is -0.915. The molecule has 1 heterocycles. The Morgan fingerprint density at radius 2 is 2.24 bits per heavy atom. The van der Waals surface area contributed by atoms with Crippen molar-refractivity contribution in [1.82, 2.24) is 4.98 Å². The SMILES string of the molecule is C=C(C)/C=C/c1ccc2c(C(=O)O)c[nH]c2c1. The molecule has 1 aromatic heterocycles. The summed E-state index contributed by atoms with van der Waals surface area (Å²) in [6.45, 7) is 5.71. The maximum Gasteiger partial charge on any atom is 0.337 e. The summed E-state index contributed by atoms with van der Waals surface area (Å²) in [7, 11) is 0. The van der Waals surface area contributed by atoms with Crippen molar-refractivity contribution in [2.24, 2.45) is 0 Å². The van der Waals surface area contributed by atoms with Crippen LogP contribution < -0.4 is 0 Å². The zero-order valence-corrected chi connectivity index (χ0v) is 9.53. The largest absolute Gasteiger partial charge is 0.478 e. The van der Waals surface area contributed by atoms with Gasteiger partial charge in [-0.1, -0.05) is 36.4 Å². The fourth-order valence-electron chi connectivity index (χ4n) is 1.66. The molecule has 2 aromatic rings. The number of fused-ring (bicyclic) bond motifs is 1. The molecule has 0 aliphatic carbocycles. The number of benzene rings is 1. The van der Waals surface area contributed by atoms with E-state index in [2.05, 4.69) is 11.6 Å². The molecule has 2 N–H and O–H groups in total. The van der Waals surface area contributed by atoms with E-state index in [4.69, 9.17) is 5.11 Å². The number of carboxylic acids is 1. The molecule has 86 valence electrons. The van der Waals surface area contributed by atoms with Gasteiger partial charge in [0.15, 0.2) is 0 Å². The van der Waals surface area contributed by atoms with Crippen molar-refractivity contribution in [2.75, 3.05) is 0 Å². The molecule has 0 spiro atoms. The lowest BCUT2D eigenvalue weighted by atomic mass is 10.1. The number of aromatic amines is 1. The molecule has 0 saturated carbocycles. The molecular weight excluding hydrogens is 214 g/mol. The lowest BCUT2D eigenvalue weighted by Crippen LogP contribution is -1.93. The predicted molar refractivity (Wildman–Crippen MR) is 69.1 cm³/mol. The number of hydrogen-bond donors (Lipinski definition) is 2. The van der Waals surface area contributed by atoms with Crippen molar-refractivity contribution < 1.29 is 9.90 Å². The van der Waals surface area contributed by atoms with Crippen LogP contribution in [-0.2, 0) is 0 Å². The van der Waals surface area contributed by atoms with Crippen LogP contribution in [0.4, 0.5) is 0 Å². The third kappa shape index (κ3) is 2.28. The van der Waals surface area contributed by atoms with Gasteiger partial charge in [0.05, 0.1) is 5.56 Å². The van der Waals surface area contributed by atoms with Crippen LogP contribution in [0.5, 0.6) is 0 Å². The fraction of sp³-hybridized carbons (Fsp3) is 0.0714. The zero-order chi connectivity index (χ0) is 12.4. The Bertz CT molecular complexity index is 620. The normalized spacial score (nSPS) is 11.1. The number of allylic oxidation sites excluding steroid dienone is 2. The van der Waals surface area contributed by atoms with Crippen LogP contribution in [0.2, 0.25) is 0 Å². The van der Waals surface area contributed by atoms with E-state index in [1.54, 1.807) is 0 Å². The van der Waals surface area contributed by atoms with Gasteiger partial charge in [0.25, 0.3) is 0 Å². The van der Waals surface area contributed by atoms with Crippen LogP contribution in [0.25, 0.3) is 17.0 Å². The highest BCUT2D eigenvalue weighted by Crippen LogP contribution is 2.20. The molecule has 1 aromatic carbocycles. The van der Waals surface area contributed by atoms with Crippen LogP contribution in [0.1, 0.15) is 22.8 Å². The topological polar surface area (TPSA) is 53.1 Å². The molecule has 2 rings (SSSR count). The maximum absolute atomic E-state index is 10.9. The number of H-pyrrole nitrogens is 1. The highest BCUT2D eigenvalue weighted by atomic mass is 16.4. The number of carboxylic acid groups (broad SMARTS) is 1. The average Bonchev–Trinajstić information content (AvgIpc) is 2.69. The van der Waals surface area contributed by atoms with Gasteiger partial charge in [-0.05, 0) is 18.6 Å². The summed E-state index contributed by atoms with van der Waals surface area (Å²) >= 11 is 0. The molecule has 0 fully saturated rings. The third-order valence-electron chi connectivity index (χ3n) is 2.50. The quantitative estimate of drug-likeness (QED) is 0.789. The molecule has 0 unspecified atom stereocenters. The zero-order valence-electron chi connectivity index (χ0n) is 9.53. The van der Waals surface area contributed by atoms with Crippen molar-refractivity contribution in [3.8, 4) is 0 Å². The Balaban J connectivity index is 2.46. The Kier molecular flexibility index (Phi) is 2.83. The molecule has 0 bridgehead atoms. The summed E-state index contributed by atoms with van der Waals surface area (Å²) in [5, 5.41) is 9.70. The first-order valence-corrected chi connectivity index (χ1v) is 5.26. The van der Waals surface area contributed by atoms with E-state index < -0.39 is 5.97 Å². The average molecular weight is 227 g/mol. The summed E-state index contributed by atoms with van der Waals surface area (Å²) in [5.41, 5.74) is 3.11. The van der Waals surface area contributed by atoms with E-state index in [0.717, 1.165) is 22.0 Å². The van der Waals surface area contributed by atoms with Gasteiger partial charge in [0, 0.05) is 17.1 Å². The molecule has 17 heavy (non-hydrogen) atoms. The molecule has 0 aliphatic rings. The summed E-state index contributed by atoms with van der Waals surface area (Å²) in [4.78, 5) is 13.9. The van der Waals surface area contributed by atoms with E-state index in [-0.39, 0.29) is 0 Å². The standard InChI is InChI=1S/C14H13NO2/c1-9(2)3-4-10-5-6-11-12(14(16)17)8-15-13(11)7-10/h3-8,15H,1H2,2H3,(H,16,17)/b4-3+. The van der Waals surface area contributed by atoms with Crippen molar-refractivity contribution in [1.29, 1.82) is 0 Å². The van der Waals surface area contributed by atoms with Gasteiger partial charge in [0.1, 0.15) is 0 Å². The number of aromatic nitrogens is 1. The molecule has 3 nitrogen and oxygen atoms in total. The molecular formula is C14H13NO2. The van der Waals surface area contributed by atoms with Gasteiger partial charge >= 0.3 is 5.97 Å². The van der Waals surface area contributed by atoms with Gasteiger partial charge in [-0.3, -0.25) is 0 Å². The van der Waals surface area contributed by atoms with E-state index >= 15 is 0 Å². The second-order valence-electron chi connectivity index (χ2n) is 3.99. The Labute approximate surface area is 99.1 Å². The van der Waals surface area contributed by atoms with Crippen molar-refractivity contribution in [2.45, 2.75) is 6.92 Å². The minimum atomic E-state index is -0.915. The molecule has 0 saturated heterocycles. The summed E-state index contributed by atoms with van der Waals surface area (Å²) in [6.07, 6.45) is 5.38. The van der Waals surface area contributed by atoms with Crippen LogP contribution in [0, 0.1) is 0 Å². The Morgan fingerprint density at radius 1 is 1.47 bits per heavy atom. The summed E-state index contributed by atoms with van der Waals surface area (Å²) in [6, 6.07) is 5.62. The number of hydrogen-bond acceptors (Lipinski definition) is 1. The fourth-order valence-corrected chi connectivity index (χ4v) is 1.66. The van der Waals surface area contributed by atoms with Crippen LogP contribution in [0.3, 0.4) is 0 Å². The van der Waals surface area contributed by atoms with E-state index in [1.807, 2.05) is 37.3 Å². The van der Waals surface area contributed by atoms with Gasteiger partial charge in [0.2, 0.25) is 0 Å². The van der Waals surface area contributed by atoms with Crippen molar-refractivity contribution in [3.05, 3.63) is 53.8 Å². The first-order chi connectivity index (χ1) is 8.08. The highest BCUT2D eigenvalue weighted by molar-refractivity contribution is 6.03. The molecule has 0 amide bonds. The van der Waals surface area contributed by atoms with Gasteiger partial charge < -0.3 is 10.1 Å². The predicted octanol–water partition coefficient (Wildman–Crippen LogP) is 3.46. The van der Waals surface area contributed by atoms with Crippen LogP contribution >= 0.6 is 0 Å². The second-order valence-corrected chi connectivity index (χ2v) is 3.99. The van der Waals surface area contributed by atoms with Gasteiger partial charge in [-0.2, -0.15) is 0 Å². The minimum Gasteiger partial charge on any atom is -0.478 e. The number of aromatic carboxylic acids is 1. The Morgan fingerprint density at radius 3 is 2.88 bits per heavy atom. The van der Waals surface area contributed by atoms with E-state index in [9.17, 15) is 4.79 Å². The van der Waals surface area contributed by atoms with Crippen LogP contribution in [-0.4, -0.2) is 16.1 Å². The number of nitrogens with one attached hydrogen (secondary N) is 1. The van der Waals surface area contributed by atoms with Gasteiger partial charge in [-0.15, -0.1) is 0 Å². The minimum absolute atomic E-state index is 0.301. The Hall–Kier alpha value is -2.29. The number of rotatable bonds is 3. The molecule has 0 radical (unpaired) electrons. The monoisotopic (exact) mass is 227 g/mol.